The Balaban J connectivity index is 2.35. The van der Waals surface area contributed by atoms with Crippen LogP contribution in [0.25, 0.3) is 0 Å². The maximum atomic E-state index is 11.4. The summed E-state index contributed by atoms with van der Waals surface area (Å²) >= 11 is 1.70. The molecule has 1 N–H and O–H groups in total. The first-order chi connectivity index (χ1) is 8.69. The molecule has 1 rings (SSSR count). The number of rotatable bonds is 7. The zero-order valence-electron chi connectivity index (χ0n) is 10.6. The van der Waals surface area contributed by atoms with Crippen molar-refractivity contribution in [2.24, 2.45) is 0 Å². The number of furan rings is 1. The van der Waals surface area contributed by atoms with Gasteiger partial charge in [0.2, 0.25) is 0 Å². The highest BCUT2D eigenvalue weighted by atomic mass is 32.2. The molecule has 0 atom stereocenters. The van der Waals surface area contributed by atoms with Crippen molar-refractivity contribution in [3.05, 3.63) is 23.2 Å². The smallest absolute Gasteiger partial charge is 0.341 e. The number of carbonyl (C=O) groups excluding carboxylic acids is 1. The molecular formula is C13H17NO3S. The third-order valence-electron chi connectivity index (χ3n) is 2.28. The van der Waals surface area contributed by atoms with E-state index in [1.807, 2.05) is 0 Å². The molecule has 0 saturated heterocycles. The van der Waals surface area contributed by atoms with Crippen LogP contribution in [0.4, 0.5) is 0 Å². The van der Waals surface area contributed by atoms with Crippen molar-refractivity contribution in [1.82, 2.24) is 5.32 Å². The highest BCUT2D eigenvalue weighted by Gasteiger charge is 2.14. The molecule has 0 saturated carbocycles. The van der Waals surface area contributed by atoms with Crippen molar-refractivity contribution < 1.29 is 13.9 Å². The Kier molecular flexibility index (Phi) is 6.40. The van der Waals surface area contributed by atoms with Crippen LogP contribution >= 0.6 is 11.8 Å². The molecule has 1 heterocycles. The van der Waals surface area contributed by atoms with Gasteiger partial charge in [-0.05, 0) is 13.0 Å². The van der Waals surface area contributed by atoms with Gasteiger partial charge < -0.3 is 14.5 Å². The average Bonchev–Trinajstić information content (AvgIpc) is 2.74. The summed E-state index contributed by atoms with van der Waals surface area (Å²) in [5.74, 6) is 5.20. The Bertz CT molecular complexity index is 434. The van der Waals surface area contributed by atoms with Gasteiger partial charge in [0.25, 0.3) is 0 Å². The number of nitrogens with one attached hydrogen (secondary N) is 1. The second-order valence-corrected chi connectivity index (χ2v) is 4.71. The van der Waals surface area contributed by atoms with E-state index in [9.17, 15) is 4.79 Å². The van der Waals surface area contributed by atoms with E-state index in [1.54, 1.807) is 24.8 Å². The number of esters is 1. The molecule has 0 unspecified atom stereocenters. The summed E-state index contributed by atoms with van der Waals surface area (Å²) in [6.45, 7) is 3.19. The van der Waals surface area contributed by atoms with E-state index in [-0.39, 0.29) is 5.97 Å². The summed E-state index contributed by atoms with van der Waals surface area (Å²) in [6.07, 6.45) is 5.15. The number of terminal acetylenes is 1. The molecule has 5 heteroatoms. The summed E-state index contributed by atoms with van der Waals surface area (Å²) < 4.78 is 10.1. The molecule has 0 fully saturated rings. The quantitative estimate of drug-likeness (QED) is 0.464. The predicted molar refractivity (Wildman–Crippen MR) is 72.6 cm³/mol. The van der Waals surface area contributed by atoms with Crippen LogP contribution in [0.3, 0.4) is 0 Å². The summed E-state index contributed by atoms with van der Waals surface area (Å²) in [7, 11) is 1.36. The van der Waals surface area contributed by atoms with Gasteiger partial charge in [-0.3, -0.25) is 0 Å². The minimum Gasteiger partial charge on any atom is -0.465 e. The van der Waals surface area contributed by atoms with E-state index < -0.39 is 0 Å². The zero-order valence-corrected chi connectivity index (χ0v) is 11.4. The maximum Gasteiger partial charge on any atom is 0.341 e. The van der Waals surface area contributed by atoms with Gasteiger partial charge in [-0.1, -0.05) is 5.92 Å². The van der Waals surface area contributed by atoms with Gasteiger partial charge in [-0.15, -0.1) is 18.2 Å². The number of hydrogen-bond acceptors (Lipinski definition) is 5. The summed E-state index contributed by atoms with van der Waals surface area (Å²) in [6, 6.07) is 1.71. The molecule has 0 bridgehead atoms. The molecule has 0 aliphatic rings. The number of hydrogen-bond donors (Lipinski definition) is 1. The van der Waals surface area contributed by atoms with Crippen LogP contribution in [-0.4, -0.2) is 31.1 Å². The van der Waals surface area contributed by atoms with Crippen molar-refractivity contribution in [2.75, 3.05) is 25.2 Å². The lowest BCUT2D eigenvalue weighted by Gasteiger charge is -2.00. The van der Waals surface area contributed by atoms with Crippen LogP contribution in [0, 0.1) is 19.3 Å². The minimum absolute atomic E-state index is 0.368. The fourth-order valence-electron chi connectivity index (χ4n) is 1.43. The Labute approximate surface area is 111 Å². The van der Waals surface area contributed by atoms with Gasteiger partial charge in [0, 0.05) is 12.3 Å². The van der Waals surface area contributed by atoms with Crippen LogP contribution in [0.2, 0.25) is 0 Å². The molecule has 0 spiro atoms. The highest BCUT2D eigenvalue weighted by molar-refractivity contribution is 7.99. The molecule has 0 aliphatic carbocycles. The molecular weight excluding hydrogens is 250 g/mol. The van der Waals surface area contributed by atoms with Crippen molar-refractivity contribution in [3.63, 3.8) is 0 Å². The van der Waals surface area contributed by atoms with E-state index in [0.29, 0.717) is 17.9 Å². The van der Waals surface area contributed by atoms with Crippen LogP contribution in [-0.2, 0) is 11.3 Å². The first-order valence-electron chi connectivity index (χ1n) is 5.58. The van der Waals surface area contributed by atoms with Crippen LogP contribution < -0.4 is 5.32 Å². The minimum atomic E-state index is -0.368. The first kappa shape index (κ1) is 14.7. The molecule has 1 aromatic heterocycles. The molecule has 98 valence electrons. The summed E-state index contributed by atoms with van der Waals surface area (Å²) in [5, 5.41) is 3.22. The lowest BCUT2D eigenvalue weighted by atomic mass is 10.2. The van der Waals surface area contributed by atoms with E-state index in [4.69, 9.17) is 10.8 Å². The normalized spacial score (nSPS) is 10.1. The third kappa shape index (κ3) is 4.47. The largest absolute Gasteiger partial charge is 0.465 e. The summed E-state index contributed by atoms with van der Waals surface area (Å²) in [4.78, 5) is 11.4. The van der Waals surface area contributed by atoms with Crippen molar-refractivity contribution in [1.29, 1.82) is 0 Å². The van der Waals surface area contributed by atoms with Crippen molar-refractivity contribution >= 4 is 17.7 Å². The van der Waals surface area contributed by atoms with E-state index in [0.717, 1.165) is 23.8 Å². The molecule has 0 aliphatic heterocycles. The molecule has 0 amide bonds. The van der Waals surface area contributed by atoms with Crippen molar-refractivity contribution in [2.45, 2.75) is 13.5 Å². The Morgan fingerprint density at radius 3 is 3.11 bits per heavy atom. The monoisotopic (exact) mass is 267 g/mol. The third-order valence-corrected chi connectivity index (χ3v) is 3.15. The Hall–Kier alpha value is -1.38. The molecule has 4 nitrogen and oxygen atoms in total. The SMILES string of the molecule is C#CCSCCNCc1cc(C(=O)OC)c(C)o1. The van der Waals surface area contributed by atoms with Crippen LogP contribution in [0.1, 0.15) is 21.9 Å². The second kappa shape index (κ2) is 7.85. The predicted octanol–water partition coefficient (Wildman–Crippen LogP) is 1.83. The van der Waals surface area contributed by atoms with Gasteiger partial charge in [0.05, 0.1) is 19.4 Å². The average molecular weight is 267 g/mol. The topological polar surface area (TPSA) is 51.5 Å². The second-order valence-electron chi connectivity index (χ2n) is 3.61. The highest BCUT2D eigenvalue weighted by Crippen LogP contribution is 2.15. The fourth-order valence-corrected chi connectivity index (χ4v) is 1.98. The Morgan fingerprint density at radius 1 is 1.67 bits per heavy atom. The van der Waals surface area contributed by atoms with Gasteiger partial charge in [0.1, 0.15) is 17.1 Å². The molecule has 1 aromatic rings. The van der Waals surface area contributed by atoms with E-state index >= 15 is 0 Å². The first-order valence-corrected chi connectivity index (χ1v) is 6.74. The van der Waals surface area contributed by atoms with E-state index in [2.05, 4.69) is 16.0 Å². The van der Waals surface area contributed by atoms with Crippen LogP contribution in [0.15, 0.2) is 10.5 Å². The van der Waals surface area contributed by atoms with Gasteiger partial charge in [0.15, 0.2) is 0 Å². The molecule has 0 aromatic carbocycles. The lowest BCUT2D eigenvalue weighted by Crippen LogP contribution is -2.16. The standard InChI is InChI=1S/C13H17NO3S/c1-4-6-18-7-5-14-9-11-8-12(10(2)17-11)13(15)16-3/h1,8,14H,5-7,9H2,2-3H3. The van der Waals surface area contributed by atoms with Crippen molar-refractivity contribution in [3.8, 4) is 12.3 Å². The van der Waals surface area contributed by atoms with Crippen LogP contribution in [0.5, 0.6) is 0 Å². The van der Waals surface area contributed by atoms with Gasteiger partial charge in [-0.25, -0.2) is 4.79 Å². The van der Waals surface area contributed by atoms with Gasteiger partial charge >= 0.3 is 5.97 Å². The molecule has 18 heavy (non-hydrogen) atoms. The number of ether oxygens (including phenoxy) is 1. The number of thioether (sulfide) groups is 1. The summed E-state index contributed by atoms with van der Waals surface area (Å²) in [5.41, 5.74) is 0.482. The number of methoxy groups -OCH3 is 1. The molecule has 0 radical (unpaired) electrons. The zero-order chi connectivity index (χ0) is 13.4. The Morgan fingerprint density at radius 2 is 2.44 bits per heavy atom. The fraction of sp³-hybridized carbons (Fsp3) is 0.462. The number of aryl methyl sites for hydroxylation is 1. The van der Waals surface area contributed by atoms with Gasteiger partial charge in [-0.2, -0.15) is 0 Å². The number of carbonyl (C=O) groups is 1. The maximum absolute atomic E-state index is 11.4. The lowest BCUT2D eigenvalue weighted by molar-refractivity contribution is 0.0599. The van der Waals surface area contributed by atoms with E-state index in [1.165, 1.54) is 7.11 Å².